The first-order valence-electron chi connectivity index (χ1n) is 8.57. The molecule has 0 spiro atoms. The summed E-state index contributed by atoms with van der Waals surface area (Å²) in [5.74, 6) is -0.386. The van der Waals surface area contributed by atoms with Crippen LogP contribution in [0, 0.1) is 20.8 Å². The van der Waals surface area contributed by atoms with Gasteiger partial charge in [0.25, 0.3) is 5.91 Å². The molecule has 1 heterocycles. The van der Waals surface area contributed by atoms with Crippen molar-refractivity contribution in [2.75, 3.05) is 18.9 Å². The van der Waals surface area contributed by atoms with Gasteiger partial charge in [-0.2, -0.15) is 0 Å². The topological polar surface area (TPSA) is 65.2 Å². The Morgan fingerprint density at radius 3 is 2.54 bits per heavy atom. The molecule has 2 aromatic carbocycles. The lowest BCUT2D eigenvalue weighted by Crippen LogP contribution is -2.35. The molecule has 0 saturated heterocycles. The maximum Gasteiger partial charge on any atom is 0.256 e. The summed E-state index contributed by atoms with van der Waals surface area (Å²) in [7, 11) is 1.65. The van der Waals surface area contributed by atoms with E-state index < -0.39 is 0 Å². The van der Waals surface area contributed by atoms with Gasteiger partial charge in [-0.15, -0.1) is 0 Å². The van der Waals surface area contributed by atoms with E-state index in [0.29, 0.717) is 5.56 Å². The number of carbonyl (C=O) groups is 2. The number of fused-ring (bicyclic) bond motifs is 1. The average molecular weight is 349 g/mol. The number of aromatic nitrogens is 1. The summed E-state index contributed by atoms with van der Waals surface area (Å²) in [6.07, 6.45) is 0. The molecule has 0 unspecified atom stereocenters. The van der Waals surface area contributed by atoms with Crippen LogP contribution < -0.4 is 5.32 Å². The number of amides is 2. The number of aromatic amines is 1. The van der Waals surface area contributed by atoms with Crippen molar-refractivity contribution in [1.29, 1.82) is 0 Å². The minimum Gasteiger partial charge on any atom is -0.358 e. The van der Waals surface area contributed by atoms with E-state index in [1.165, 1.54) is 4.90 Å². The summed E-state index contributed by atoms with van der Waals surface area (Å²) in [6.45, 7) is 5.83. The zero-order chi connectivity index (χ0) is 18.8. The lowest BCUT2D eigenvalue weighted by atomic mass is 10.1. The van der Waals surface area contributed by atoms with Crippen LogP contribution in [0.5, 0.6) is 0 Å². The van der Waals surface area contributed by atoms with Crippen molar-refractivity contribution in [2.24, 2.45) is 0 Å². The van der Waals surface area contributed by atoms with Gasteiger partial charge in [0.2, 0.25) is 5.91 Å². The maximum absolute atomic E-state index is 12.9. The first-order valence-corrected chi connectivity index (χ1v) is 8.57. The Morgan fingerprint density at radius 2 is 1.77 bits per heavy atom. The number of rotatable bonds is 4. The molecule has 0 saturated carbocycles. The van der Waals surface area contributed by atoms with Gasteiger partial charge in [0.1, 0.15) is 0 Å². The largest absolute Gasteiger partial charge is 0.358 e. The van der Waals surface area contributed by atoms with Crippen LogP contribution in [0.15, 0.2) is 42.5 Å². The molecule has 134 valence electrons. The van der Waals surface area contributed by atoms with E-state index in [1.807, 2.05) is 63.2 Å². The number of aryl methyl sites for hydroxylation is 2. The Hall–Kier alpha value is -3.08. The molecule has 5 nitrogen and oxygen atoms in total. The molecule has 0 aliphatic rings. The predicted octanol–water partition coefficient (Wildman–Crippen LogP) is 3.80. The van der Waals surface area contributed by atoms with Gasteiger partial charge in [-0.1, -0.05) is 30.3 Å². The number of hydrogen-bond acceptors (Lipinski definition) is 2. The van der Waals surface area contributed by atoms with Crippen LogP contribution in [0.25, 0.3) is 10.9 Å². The molecule has 0 radical (unpaired) electrons. The number of hydrogen-bond donors (Lipinski definition) is 2. The fourth-order valence-electron chi connectivity index (χ4n) is 3.11. The summed E-state index contributed by atoms with van der Waals surface area (Å²) in [5, 5.41) is 3.77. The van der Waals surface area contributed by atoms with Crippen LogP contribution >= 0.6 is 0 Å². The molecule has 3 aromatic rings. The molecule has 0 atom stereocenters. The summed E-state index contributed by atoms with van der Waals surface area (Å²) in [6, 6.07) is 13.4. The predicted molar refractivity (Wildman–Crippen MR) is 105 cm³/mol. The Kier molecular flexibility index (Phi) is 4.80. The molecule has 3 rings (SSSR count). The number of nitrogens with one attached hydrogen (secondary N) is 2. The monoisotopic (exact) mass is 349 g/mol. The zero-order valence-electron chi connectivity index (χ0n) is 15.5. The van der Waals surface area contributed by atoms with Crippen LogP contribution in [0.4, 0.5) is 5.69 Å². The van der Waals surface area contributed by atoms with Crippen LogP contribution in [0.3, 0.4) is 0 Å². The van der Waals surface area contributed by atoms with Crippen molar-refractivity contribution < 1.29 is 9.59 Å². The second-order valence-corrected chi connectivity index (χ2v) is 6.63. The standard InChI is InChI=1S/C21H23N3O2/c1-13-8-7-11-17(14(13)2)23-19(25)12-24(4)21(26)20-15(3)22-18-10-6-5-9-16(18)20/h5-11,22H,12H2,1-4H3,(H,23,25). The van der Waals surface area contributed by atoms with E-state index in [0.717, 1.165) is 33.4 Å². The van der Waals surface area contributed by atoms with Crippen molar-refractivity contribution in [2.45, 2.75) is 20.8 Å². The van der Waals surface area contributed by atoms with Gasteiger partial charge in [-0.3, -0.25) is 9.59 Å². The molecule has 1 aromatic heterocycles. The van der Waals surface area contributed by atoms with E-state index in [2.05, 4.69) is 10.3 Å². The van der Waals surface area contributed by atoms with Gasteiger partial charge in [0.15, 0.2) is 0 Å². The Labute approximate surface area is 153 Å². The Morgan fingerprint density at radius 1 is 1.04 bits per heavy atom. The molecule has 26 heavy (non-hydrogen) atoms. The van der Waals surface area contributed by atoms with Crippen LogP contribution in [0.1, 0.15) is 27.2 Å². The summed E-state index contributed by atoms with van der Waals surface area (Å²) in [5.41, 5.74) is 5.25. The van der Waals surface area contributed by atoms with E-state index in [1.54, 1.807) is 7.05 Å². The molecule has 0 bridgehead atoms. The van der Waals surface area contributed by atoms with Gasteiger partial charge in [0, 0.05) is 29.3 Å². The number of H-pyrrole nitrogens is 1. The maximum atomic E-state index is 12.9. The van der Waals surface area contributed by atoms with Crippen molar-refractivity contribution in [3.8, 4) is 0 Å². The Balaban J connectivity index is 1.75. The minimum absolute atomic E-state index is 0.00877. The number of carbonyl (C=O) groups excluding carboxylic acids is 2. The van der Waals surface area contributed by atoms with Gasteiger partial charge >= 0.3 is 0 Å². The van der Waals surface area contributed by atoms with Crippen molar-refractivity contribution >= 4 is 28.4 Å². The molecular weight excluding hydrogens is 326 g/mol. The smallest absolute Gasteiger partial charge is 0.256 e. The van der Waals surface area contributed by atoms with Gasteiger partial charge < -0.3 is 15.2 Å². The highest BCUT2D eigenvalue weighted by Crippen LogP contribution is 2.23. The molecule has 0 fully saturated rings. The fraction of sp³-hybridized carbons (Fsp3) is 0.238. The third-order valence-electron chi connectivity index (χ3n) is 4.71. The highest BCUT2D eigenvalue weighted by atomic mass is 16.2. The van der Waals surface area contributed by atoms with Crippen molar-refractivity contribution in [3.63, 3.8) is 0 Å². The van der Waals surface area contributed by atoms with Crippen LogP contribution in [-0.4, -0.2) is 35.3 Å². The average Bonchev–Trinajstić information content (AvgIpc) is 2.94. The SMILES string of the molecule is Cc1cccc(NC(=O)CN(C)C(=O)c2c(C)[nH]c3ccccc23)c1C. The van der Waals surface area contributed by atoms with Crippen molar-refractivity contribution in [1.82, 2.24) is 9.88 Å². The minimum atomic E-state index is -0.216. The van der Waals surface area contributed by atoms with Gasteiger partial charge in [-0.25, -0.2) is 0 Å². The zero-order valence-corrected chi connectivity index (χ0v) is 15.5. The highest BCUT2D eigenvalue weighted by Gasteiger charge is 2.21. The van der Waals surface area contributed by atoms with Gasteiger partial charge in [0.05, 0.1) is 12.1 Å². The molecule has 0 aliphatic heterocycles. The lowest BCUT2D eigenvalue weighted by molar-refractivity contribution is -0.116. The summed E-state index contributed by atoms with van der Waals surface area (Å²) in [4.78, 5) is 29.9. The number of para-hydroxylation sites is 1. The molecule has 2 N–H and O–H groups in total. The third kappa shape index (κ3) is 3.33. The number of likely N-dealkylation sites (N-methyl/N-ethyl adjacent to an activating group) is 1. The van der Waals surface area contributed by atoms with Crippen LogP contribution in [-0.2, 0) is 4.79 Å². The van der Waals surface area contributed by atoms with E-state index in [-0.39, 0.29) is 18.4 Å². The summed E-state index contributed by atoms with van der Waals surface area (Å²) >= 11 is 0. The lowest BCUT2D eigenvalue weighted by Gasteiger charge is -2.18. The Bertz CT molecular complexity index is 988. The quantitative estimate of drug-likeness (QED) is 0.752. The molecule has 0 aliphatic carbocycles. The third-order valence-corrected chi connectivity index (χ3v) is 4.71. The first-order chi connectivity index (χ1) is 12.4. The van der Waals surface area contributed by atoms with E-state index in [9.17, 15) is 9.59 Å². The van der Waals surface area contributed by atoms with Gasteiger partial charge in [-0.05, 0) is 44.0 Å². The number of anilines is 1. The molecular formula is C21H23N3O2. The number of benzene rings is 2. The fourth-order valence-corrected chi connectivity index (χ4v) is 3.11. The second kappa shape index (κ2) is 7.04. The molecule has 5 heteroatoms. The van der Waals surface area contributed by atoms with E-state index in [4.69, 9.17) is 0 Å². The highest BCUT2D eigenvalue weighted by molar-refractivity contribution is 6.09. The second-order valence-electron chi connectivity index (χ2n) is 6.63. The first kappa shape index (κ1) is 17.7. The molecule has 2 amide bonds. The van der Waals surface area contributed by atoms with Crippen molar-refractivity contribution in [3.05, 3.63) is 64.8 Å². The normalized spacial score (nSPS) is 10.8. The number of nitrogens with zero attached hydrogens (tertiary/aromatic N) is 1. The summed E-state index contributed by atoms with van der Waals surface area (Å²) < 4.78 is 0. The van der Waals surface area contributed by atoms with Crippen LogP contribution in [0.2, 0.25) is 0 Å². The van der Waals surface area contributed by atoms with E-state index >= 15 is 0 Å².